The van der Waals surface area contributed by atoms with Gasteiger partial charge in [0.05, 0.1) is 17.7 Å². The van der Waals surface area contributed by atoms with Gasteiger partial charge in [-0.1, -0.05) is 31.0 Å². The van der Waals surface area contributed by atoms with Gasteiger partial charge < -0.3 is 5.32 Å². The van der Waals surface area contributed by atoms with Crippen molar-refractivity contribution in [3.63, 3.8) is 0 Å². The van der Waals surface area contributed by atoms with Gasteiger partial charge in [0.1, 0.15) is 5.82 Å². The first kappa shape index (κ1) is 14.7. The number of benzene rings is 1. The Hall–Kier alpha value is -2.23. The van der Waals surface area contributed by atoms with Gasteiger partial charge in [-0.2, -0.15) is 0 Å². The van der Waals surface area contributed by atoms with Crippen LogP contribution in [0.3, 0.4) is 0 Å². The van der Waals surface area contributed by atoms with E-state index >= 15 is 0 Å². The third kappa shape index (κ3) is 2.86. The standard InChI is InChI=1S/C18H19FN2O/c19-15-8-6-14(7-9-15)18(10-2-3-11-18)17(22)21-13-16-5-1-4-12-20-16/h1,4-9,12H,2-3,10-11,13H2,(H,21,22). The molecule has 0 radical (unpaired) electrons. The van der Waals surface area contributed by atoms with Gasteiger partial charge in [0.2, 0.25) is 5.91 Å². The van der Waals surface area contributed by atoms with E-state index in [1.807, 2.05) is 18.2 Å². The normalized spacial score (nSPS) is 16.4. The Kier molecular flexibility index (Phi) is 4.18. The van der Waals surface area contributed by atoms with Gasteiger partial charge in [0.15, 0.2) is 0 Å². The van der Waals surface area contributed by atoms with Crippen LogP contribution in [-0.4, -0.2) is 10.9 Å². The maximum Gasteiger partial charge on any atom is 0.230 e. The highest BCUT2D eigenvalue weighted by molar-refractivity contribution is 5.88. The highest BCUT2D eigenvalue weighted by atomic mass is 19.1. The number of hydrogen-bond donors (Lipinski definition) is 1. The average Bonchev–Trinajstić information content (AvgIpc) is 3.05. The molecule has 1 N–H and O–H groups in total. The van der Waals surface area contributed by atoms with Crippen molar-refractivity contribution in [1.82, 2.24) is 10.3 Å². The number of hydrogen-bond acceptors (Lipinski definition) is 2. The molecule has 0 saturated heterocycles. The van der Waals surface area contributed by atoms with Crippen molar-refractivity contribution in [1.29, 1.82) is 0 Å². The smallest absolute Gasteiger partial charge is 0.230 e. The van der Waals surface area contributed by atoms with Crippen LogP contribution < -0.4 is 5.32 Å². The van der Waals surface area contributed by atoms with Crippen molar-refractivity contribution in [2.24, 2.45) is 0 Å². The summed E-state index contributed by atoms with van der Waals surface area (Å²) < 4.78 is 13.2. The molecule has 1 aromatic heterocycles. The predicted octanol–water partition coefficient (Wildman–Crippen LogP) is 3.35. The number of carbonyl (C=O) groups excluding carboxylic acids is 1. The molecule has 1 heterocycles. The van der Waals surface area contributed by atoms with Crippen molar-refractivity contribution in [2.45, 2.75) is 37.6 Å². The number of halogens is 1. The molecule has 0 spiro atoms. The summed E-state index contributed by atoms with van der Waals surface area (Å²) >= 11 is 0. The lowest BCUT2D eigenvalue weighted by molar-refractivity contribution is -0.126. The van der Waals surface area contributed by atoms with Crippen molar-refractivity contribution >= 4 is 5.91 Å². The highest BCUT2D eigenvalue weighted by Gasteiger charge is 2.42. The Morgan fingerprint density at radius 2 is 1.86 bits per heavy atom. The molecule has 1 aromatic carbocycles. The number of rotatable bonds is 4. The summed E-state index contributed by atoms with van der Waals surface area (Å²) in [7, 11) is 0. The highest BCUT2D eigenvalue weighted by Crippen LogP contribution is 2.41. The minimum Gasteiger partial charge on any atom is -0.350 e. The third-order valence-electron chi connectivity index (χ3n) is 4.44. The van der Waals surface area contributed by atoms with Crippen LogP contribution in [0.25, 0.3) is 0 Å². The zero-order valence-corrected chi connectivity index (χ0v) is 12.4. The van der Waals surface area contributed by atoms with Crippen LogP contribution in [0.2, 0.25) is 0 Å². The van der Waals surface area contributed by atoms with Crippen molar-refractivity contribution in [3.05, 3.63) is 65.7 Å². The second kappa shape index (κ2) is 6.26. The first-order valence-electron chi connectivity index (χ1n) is 7.65. The van der Waals surface area contributed by atoms with Gasteiger partial charge in [-0.05, 0) is 42.7 Å². The minimum absolute atomic E-state index is 0.0160. The molecule has 3 rings (SSSR count). The van der Waals surface area contributed by atoms with E-state index in [1.165, 1.54) is 12.1 Å². The van der Waals surface area contributed by atoms with E-state index in [2.05, 4.69) is 10.3 Å². The number of nitrogens with one attached hydrogen (secondary N) is 1. The summed E-state index contributed by atoms with van der Waals surface area (Å²) in [5, 5.41) is 3.00. The lowest BCUT2D eigenvalue weighted by atomic mass is 9.78. The molecular formula is C18H19FN2O. The maximum atomic E-state index is 13.2. The molecule has 4 heteroatoms. The number of amides is 1. The van der Waals surface area contributed by atoms with E-state index in [-0.39, 0.29) is 11.7 Å². The van der Waals surface area contributed by atoms with E-state index < -0.39 is 5.41 Å². The Labute approximate surface area is 129 Å². The maximum absolute atomic E-state index is 13.2. The molecule has 0 unspecified atom stereocenters. The molecule has 0 atom stereocenters. The molecular weight excluding hydrogens is 279 g/mol. The largest absolute Gasteiger partial charge is 0.350 e. The van der Waals surface area contributed by atoms with Crippen LogP contribution >= 0.6 is 0 Å². The first-order chi connectivity index (χ1) is 10.7. The van der Waals surface area contributed by atoms with Crippen molar-refractivity contribution < 1.29 is 9.18 Å². The molecule has 3 nitrogen and oxygen atoms in total. The van der Waals surface area contributed by atoms with E-state index in [9.17, 15) is 9.18 Å². The fourth-order valence-corrected chi connectivity index (χ4v) is 3.24. The molecule has 1 amide bonds. The Bertz CT molecular complexity index is 634. The Morgan fingerprint density at radius 3 is 2.50 bits per heavy atom. The van der Waals surface area contributed by atoms with Gasteiger partial charge in [-0.25, -0.2) is 4.39 Å². The molecule has 1 aliphatic rings. The summed E-state index contributed by atoms with van der Waals surface area (Å²) in [6, 6.07) is 12.0. The van der Waals surface area contributed by atoms with Gasteiger partial charge in [-0.3, -0.25) is 9.78 Å². The lowest BCUT2D eigenvalue weighted by Crippen LogP contribution is -2.42. The first-order valence-corrected chi connectivity index (χ1v) is 7.65. The quantitative estimate of drug-likeness (QED) is 0.940. The fraction of sp³-hybridized carbons (Fsp3) is 0.333. The minimum atomic E-state index is -0.525. The molecule has 114 valence electrons. The Balaban J connectivity index is 1.78. The van der Waals surface area contributed by atoms with Crippen LogP contribution in [0.15, 0.2) is 48.7 Å². The SMILES string of the molecule is O=C(NCc1ccccn1)C1(c2ccc(F)cc2)CCCC1. The number of pyridine rings is 1. The van der Waals surface area contributed by atoms with E-state index in [0.717, 1.165) is 36.9 Å². The summed E-state index contributed by atoms with van der Waals surface area (Å²) in [5.41, 5.74) is 1.22. The topological polar surface area (TPSA) is 42.0 Å². The molecule has 0 aliphatic heterocycles. The van der Waals surface area contributed by atoms with Crippen LogP contribution in [0, 0.1) is 5.82 Å². The van der Waals surface area contributed by atoms with Crippen LogP contribution in [0.4, 0.5) is 4.39 Å². The monoisotopic (exact) mass is 298 g/mol. The second-order valence-corrected chi connectivity index (χ2v) is 5.80. The third-order valence-corrected chi connectivity index (χ3v) is 4.44. The number of aromatic nitrogens is 1. The van der Waals surface area contributed by atoms with E-state index in [0.29, 0.717) is 6.54 Å². The summed E-state index contributed by atoms with van der Waals surface area (Å²) in [6.45, 7) is 0.419. The van der Waals surface area contributed by atoms with Crippen LogP contribution in [0.1, 0.15) is 36.9 Å². The van der Waals surface area contributed by atoms with Crippen molar-refractivity contribution in [2.75, 3.05) is 0 Å². The van der Waals surface area contributed by atoms with Gasteiger partial charge in [0, 0.05) is 6.20 Å². The molecule has 1 saturated carbocycles. The van der Waals surface area contributed by atoms with E-state index in [4.69, 9.17) is 0 Å². The average molecular weight is 298 g/mol. The molecule has 2 aromatic rings. The number of nitrogens with zero attached hydrogens (tertiary/aromatic N) is 1. The second-order valence-electron chi connectivity index (χ2n) is 5.80. The van der Waals surface area contributed by atoms with Crippen LogP contribution in [0.5, 0.6) is 0 Å². The molecule has 0 bridgehead atoms. The van der Waals surface area contributed by atoms with Gasteiger partial charge in [-0.15, -0.1) is 0 Å². The zero-order chi connectivity index (χ0) is 15.4. The summed E-state index contributed by atoms with van der Waals surface area (Å²) in [5.74, 6) is -0.256. The molecule has 22 heavy (non-hydrogen) atoms. The summed E-state index contributed by atoms with van der Waals surface area (Å²) in [6.07, 6.45) is 5.38. The molecule has 1 aliphatic carbocycles. The van der Waals surface area contributed by atoms with Crippen LogP contribution in [-0.2, 0) is 16.8 Å². The fourth-order valence-electron chi connectivity index (χ4n) is 3.24. The predicted molar refractivity (Wildman–Crippen MR) is 82.6 cm³/mol. The Morgan fingerprint density at radius 1 is 1.14 bits per heavy atom. The van der Waals surface area contributed by atoms with E-state index in [1.54, 1.807) is 18.3 Å². The number of carbonyl (C=O) groups is 1. The lowest BCUT2D eigenvalue weighted by Gasteiger charge is -2.28. The molecule has 1 fully saturated rings. The zero-order valence-electron chi connectivity index (χ0n) is 12.4. The van der Waals surface area contributed by atoms with Crippen molar-refractivity contribution in [3.8, 4) is 0 Å². The van der Waals surface area contributed by atoms with Gasteiger partial charge in [0.25, 0.3) is 0 Å². The summed E-state index contributed by atoms with van der Waals surface area (Å²) in [4.78, 5) is 17.0. The van der Waals surface area contributed by atoms with Gasteiger partial charge >= 0.3 is 0 Å².